The van der Waals surface area contributed by atoms with Crippen molar-refractivity contribution < 1.29 is 18.8 Å². The normalized spacial score (nSPS) is 10.1. The summed E-state index contributed by atoms with van der Waals surface area (Å²) in [5.74, 6) is -1.61. The maximum Gasteiger partial charge on any atom is 0.310 e. The maximum absolute atomic E-state index is 13.5. The second-order valence-corrected chi connectivity index (χ2v) is 3.79. The van der Waals surface area contributed by atoms with E-state index in [0.717, 1.165) is 6.07 Å². The van der Waals surface area contributed by atoms with Gasteiger partial charge in [0, 0.05) is 10.9 Å². The van der Waals surface area contributed by atoms with Gasteiger partial charge in [-0.25, -0.2) is 0 Å². The van der Waals surface area contributed by atoms with Gasteiger partial charge < -0.3 is 4.74 Å². The van der Waals surface area contributed by atoms with E-state index in [2.05, 4.69) is 20.7 Å². The van der Waals surface area contributed by atoms with Crippen LogP contribution < -0.4 is 0 Å². The number of hydrogen-bond donors (Lipinski definition) is 0. The topological polar surface area (TPSA) is 69.4 Å². The van der Waals surface area contributed by atoms with E-state index in [4.69, 9.17) is 0 Å². The van der Waals surface area contributed by atoms with Crippen molar-refractivity contribution in [3.8, 4) is 0 Å². The molecule has 0 aromatic heterocycles. The molecule has 0 heterocycles. The molecule has 0 aliphatic carbocycles. The lowest BCUT2D eigenvalue weighted by atomic mass is 10.1. The second-order valence-electron chi connectivity index (χ2n) is 3.23. The van der Waals surface area contributed by atoms with Gasteiger partial charge in [0.05, 0.1) is 18.5 Å². The molecule has 92 valence electrons. The van der Waals surface area contributed by atoms with Crippen LogP contribution in [-0.2, 0) is 21.3 Å². The predicted molar refractivity (Wildman–Crippen MR) is 61.4 cm³/mol. The van der Waals surface area contributed by atoms with Crippen molar-refractivity contribution in [3.05, 3.63) is 39.2 Å². The number of methoxy groups -OCH3 is 1. The van der Waals surface area contributed by atoms with Crippen LogP contribution in [0.25, 0.3) is 0 Å². The average molecular weight is 306 g/mol. The van der Waals surface area contributed by atoms with E-state index < -0.39 is 22.4 Å². The molecule has 0 spiro atoms. The summed E-state index contributed by atoms with van der Waals surface area (Å²) in [7, 11) is 1.17. The molecule has 1 aromatic carbocycles. The lowest BCUT2D eigenvalue weighted by molar-refractivity contribution is -0.388. The van der Waals surface area contributed by atoms with Gasteiger partial charge in [-0.05, 0) is 17.7 Å². The van der Waals surface area contributed by atoms with Gasteiger partial charge in [0.2, 0.25) is 5.82 Å². The first-order valence-electron chi connectivity index (χ1n) is 4.58. The SMILES string of the molecule is COC(=O)Cc1cc(CBr)cc(F)c1[N+](=O)[O-]. The van der Waals surface area contributed by atoms with E-state index >= 15 is 0 Å². The molecule has 7 heteroatoms. The fraction of sp³-hybridized carbons (Fsp3) is 0.300. The third-order valence-corrected chi connectivity index (χ3v) is 2.75. The molecule has 0 fully saturated rings. The van der Waals surface area contributed by atoms with Crippen LogP contribution in [0, 0.1) is 15.9 Å². The van der Waals surface area contributed by atoms with Crippen molar-refractivity contribution >= 4 is 27.6 Å². The van der Waals surface area contributed by atoms with Crippen molar-refractivity contribution in [2.75, 3.05) is 7.11 Å². The summed E-state index contributed by atoms with van der Waals surface area (Å²) in [6.07, 6.45) is -0.329. The Morgan fingerprint density at radius 2 is 2.24 bits per heavy atom. The summed E-state index contributed by atoms with van der Waals surface area (Å²) in [5.41, 5.74) is -0.150. The predicted octanol–water partition coefficient (Wildman–Crippen LogP) is 2.34. The molecule has 0 atom stereocenters. The lowest BCUT2D eigenvalue weighted by Crippen LogP contribution is -2.08. The largest absolute Gasteiger partial charge is 0.469 e. The zero-order valence-electron chi connectivity index (χ0n) is 8.91. The van der Waals surface area contributed by atoms with Crippen LogP contribution in [0.2, 0.25) is 0 Å². The average Bonchev–Trinajstić information content (AvgIpc) is 2.27. The van der Waals surface area contributed by atoms with Gasteiger partial charge in [-0.1, -0.05) is 15.9 Å². The number of carbonyl (C=O) groups is 1. The van der Waals surface area contributed by atoms with Crippen LogP contribution in [0.4, 0.5) is 10.1 Å². The number of hydrogen-bond acceptors (Lipinski definition) is 4. The van der Waals surface area contributed by atoms with Crippen molar-refractivity contribution in [2.45, 2.75) is 11.8 Å². The molecule has 1 rings (SSSR count). The fourth-order valence-electron chi connectivity index (χ4n) is 1.36. The molecule has 5 nitrogen and oxygen atoms in total. The molecule has 0 aliphatic heterocycles. The van der Waals surface area contributed by atoms with Gasteiger partial charge in [0.15, 0.2) is 0 Å². The van der Waals surface area contributed by atoms with Crippen LogP contribution in [-0.4, -0.2) is 18.0 Å². The highest BCUT2D eigenvalue weighted by Crippen LogP contribution is 2.26. The molecule has 1 aromatic rings. The molecule has 0 unspecified atom stereocenters. The highest BCUT2D eigenvalue weighted by molar-refractivity contribution is 9.08. The molecule has 17 heavy (non-hydrogen) atoms. The molecular weight excluding hydrogens is 297 g/mol. The Morgan fingerprint density at radius 3 is 2.71 bits per heavy atom. The Kier molecular flexibility index (Phi) is 4.56. The summed E-state index contributed by atoms with van der Waals surface area (Å²) in [5, 5.41) is 11.1. The zero-order chi connectivity index (χ0) is 13.0. The number of ether oxygens (including phenoxy) is 1. The number of nitro groups is 1. The van der Waals surface area contributed by atoms with Gasteiger partial charge in [-0.3, -0.25) is 14.9 Å². The van der Waals surface area contributed by atoms with E-state index in [1.807, 2.05) is 0 Å². The van der Waals surface area contributed by atoms with Crippen LogP contribution in [0.3, 0.4) is 0 Å². The molecule has 0 aliphatic rings. The van der Waals surface area contributed by atoms with E-state index in [1.165, 1.54) is 13.2 Å². The van der Waals surface area contributed by atoms with Gasteiger partial charge in [-0.2, -0.15) is 4.39 Å². The zero-order valence-corrected chi connectivity index (χ0v) is 10.5. The monoisotopic (exact) mass is 305 g/mol. The van der Waals surface area contributed by atoms with Crippen molar-refractivity contribution in [1.82, 2.24) is 0 Å². The molecular formula is C10H9BrFNO4. The Labute approximate surface area is 105 Å². The van der Waals surface area contributed by atoms with Crippen molar-refractivity contribution in [2.24, 2.45) is 0 Å². The van der Waals surface area contributed by atoms with E-state index in [-0.39, 0.29) is 12.0 Å². The van der Waals surface area contributed by atoms with Crippen LogP contribution in [0.15, 0.2) is 12.1 Å². The Balaban J connectivity index is 3.27. The summed E-state index contributed by atoms with van der Waals surface area (Å²) in [6, 6.07) is 2.47. The highest BCUT2D eigenvalue weighted by Gasteiger charge is 2.23. The molecule has 0 bridgehead atoms. The first-order valence-corrected chi connectivity index (χ1v) is 5.70. The quantitative estimate of drug-likeness (QED) is 0.370. The second kappa shape index (κ2) is 5.72. The molecule has 0 N–H and O–H groups in total. The number of alkyl halides is 1. The maximum atomic E-state index is 13.5. The highest BCUT2D eigenvalue weighted by atomic mass is 79.9. The van der Waals surface area contributed by atoms with Crippen LogP contribution >= 0.6 is 15.9 Å². The van der Waals surface area contributed by atoms with Gasteiger partial charge in [0.1, 0.15) is 0 Å². The summed E-state index contributed by atoms with van der Waals surface area (Å²) >= 11 is 3.12. The van der Waals surface area contributed by atoms with E-state index in [1.54, 1.807) is 0 Å². The first-order chi connectivity index (χ1) is 7.99. The standard InChI is InChI=1S/C10H9BrFNO4/c1-17-9(14)4-7-2-6(5-11)3-8(12)10(7)13(15)16/h2-3H,4-5H2,1H3. The Bertz CT molecular complexity index is 464. The minimum atomic E-state index is -0.953. The minimum Gasteiger partial charge on any atom is -0.469 e. The van der Waals surface area contributed by atoms with Crippen molar-refractivity contribution in [3.63, 3.8) is 0 Å². The summed E-state index contributed by atoms with van der Waals surface area (Å²) < 4.78 is 17.9. The first kappa shape index (κ1) is 13.6. The third kappa shape index (κ3) is 3.23. The van der Waals surface area contributed by atoms with Crippen molar-refractivity contribution in [1.29, 1.82) is 0 Å². The number of benzene rings is 1. The van der Waals surface area contributed by atoms with E-state index in [0.29, 0.717) is 10.9 Å². The molecule has 0 radical (unpaired) electrons. The van der Waals surface area contributed by atoms with Gasteiger partial charge >= 0.3 is 11.7 Å². The number of nitrogens with zero attached hydrogens (tertiary/aromatic N) is 1. The Hall–Kier alpha value is -1.50. The molecule has 0 saturated heterocycles. The van der Waals surface area contributed by atoms with Crippen LogP contribution in [0.5, 0.6) is 0 Å². The number of esters is 1. The summed E-state index contributed by atoms with van der Waals surface area (Å²) in [6.45, 7) is 0. The Morgan fingerprint density at radius 1 is 1.59 bits per heavy atom. The number of rotatable bonds is 4. The van der Waals surface area contributed by atoms with Gasteiger partial charge in [-0.15, -0.1) is 0 Å². The smallest absolute Gasteiger partial charge is 0.310 e. The summed E-state index contributed by atoms with van der Waals surface area (Å²) in [4.78, 5) is 21.0. The minimum absolute atomic E-state index is 0.0105. The van der Waals surface area contributed by atoms with Gasteiger partial charge in [0.25, 0.3) is 0 Å². The third-order valence-electron chi connectivity index (χ3n) is 2.10. The molecule has 0 amide bonds. The lowest BCUT2D eigenvalue weighted by Gasteiger charge is -2.05. The van der Waals surface area contributed by atoms with Crippen LogP contribution in [0.1, 0.15) is 11.1 Å². The number of halogens is 2. The molecule has 0 saturated carbocycles. The number of nitro benzene ring substituents is 1. The van der Waals surface area contributed by atoms with E-state index in [9.17, 15) is 19.3 Å². The fourth-order valence-corrected chi connectivity index (χ4v) is 1.69. The number of carbonyl (C=O) groups excluding carboxylic acids is 1.